The summed E-state index contributed by atoms with van der Waals surface area (Å²) in [6.07, 6.45) is 3.42. The molecule has 10 heteroatoms. The lowest BCUT2D eigenvalue weighted by Gasteiger charge is -2.25. The minimum Gasteiger partial charge on any atom is -0.378 e. The van der Waals surface area contributed by atoms with Crippen molar-refractivity contribution in [2.45, 2.75) is 4.90 Å². The Hall–Kier alpha value is -2.30. The third-order valence-corrected chi connectivity index (χ3v) is 6.39. The molecule has 0 bridgehead atoms. The summed E-state index contributed by atoms with van der Waals surface area (Å²) in [6.45, 7) is 3.07. The number of rotatable bonds is 3. The topological polar surface area (TPSA) is 87.5 Å². The predicted molar refractivity (Wildman–Crippen MR) is 101 cm³/mol. The molecule has 0 N–H and O–H groups in total. The fourth-order valence-electron chi connectivity index (χ4n) is 2.76. The predicted octanol–water partition coefficient (Wildman–Crippen LogP) is 1.39. The molecule has 1 aromatic carbocycles. The lowest BCUT2D eigenvalue weighted by Crippen LogP contribution is -2.36. The van der Waals surface area contributed by atoms with Gasteiger partial charge in [-0.2, -0.15) is 13.5 Å². The lowest BCUT2D eigenvalue weighted by molar-refractivity contribution is 0.122. The van der Waals surface area contributed by atoms with Crippen molar-refractivity contribution >= 4 is 38.5 Å². The molecular formula is C16H17N5O3S2. The Morgan fingerprint density at radius 2 is 2.08 bits per heavy atom. The number of thiazole rings is 1. The van der Waals surface area contributed by atoms with Crippen molar-refractivity contribution in [1.82, 2.24) is 9.99 Å². The van der Waals surface area contributed by atoms with Crippen molar-refractivity contribution in [1.29, 1.82) is 0 Å². The Labute approximate surface area is 155 Å². The van der Waals surface area contributed by atoms with Gasteiger partial charge in [0.05, 0.1) is 24.3 Å². The molecule has 2 aliphatic heterocycles. The number of hydrogen-bond acceptors (Lipinski definition) is 8. The van der Waals surface area contributed by atoms with Gasteiger partial charge in [0.2, 0.25) is 0 Å². The highest BCUT2D eigenvalue weighted by Gasteiger charge is 2.30. The minimum atomic E-state index is -3.65. The molecule has 1 aromatic heterocycles. The number of nitrogens with zero attached hydrogens (tertiary/aromatic N) is 5. The molecule has 3 heterocycles. The second-order valence-corrected chi connectivity index (χ2v) is 8.41. The first-order valence-electron chi connectivity index (χ1n) is 8.05. The van der Waals surface area contributed by atoms with Gasteiger partial charge in [-0.05, 0) is 12.1 Å². The molecule has 4 rings (SSSR count). The van der Waals surface area contributed by atoms with Crippen LogP contribution in [-0.4, -0.2) is 63.8 Å². The maximum absolute atomic E-state index is 12.1. The molecule has 0 atom stereocenters. The highest BCUT2D eigenvalue weighted by molar-refractivity contribution is 7.90. The molecule has 8 nitrogen and oxygen atoms in total. The molecule has 136 valence electrons. The average molecular weight is 391 g/mol. The zero-order valence-electron chi connectivity index (χ0n) is 14.1. The van der Waals surface area contributed by atoms with Crippen LogP contribution in [0, 0.1) is 0 Å². The smallest absolute Gasteiger partial charge is 0.285 e. The van der Waals surface area contributed by atoms with E-state index in [0.29, 0.717) is 24.6 Å². The number of ether oxygens (including phenoxy) is 1. The maximum Gasteiger partial charge on any atom is 0.285 e. The van der Waals surface area contributed by atoms with Gasteiger partial charge in [0, 0.05) is 31.9 Å². The van der Waals surface area contributed by atoms with Crippen molar-refractivity contribution in [2.75, 3.05) is 38.3 Å². The molecule has 2 aliphatic rings. The second-order valence-electron chi connectivity index (χ2n) is 5.80. The molecule has 0 spiro atoms. The van der Waals surface area contributed by atoms with E-state index in [9.17, 15) is 8.42 Å². The van der Waals surface area contributed by atoms with Gasteiger partial charge in [0.1, 0.15) is 4.90 Å². The van der Waals surface area contributed by atoms with Gasteiger partial charge in [-0.25, -0.2) is 9.99 Å². The standard InChI is InChI=1S/C16H17N5O3S2/c1-20(15-13-4-2-3-5-14(13)26(22,23)19-15)18-11-12-10-17-16(25-12)21-6-8-24-9-7-21/h2-5,10-11H,6-9H2,1H3/b18-11+. The van der Waals surface area contributed by atoms with Gasteiger partial charge >= 0.3 is 0 Å². The number of hydrazone groups is 1. The van der Waals surface area contributed by atoms with E-state index in [4.69, 9.17) is 4.74 Å². The quantitative estimate of drug-likeness (QED) is 0.581. The largest absolute Gasteiger partial charge is 0.378 e. The fourth-order valence-corrected chi connectivity index (χ4v) is 4.82. The number of hydrogen-bond donors (Lipinski definition) is 0. The van der Waals surface area contributed by atoms with Crippen molar-refractivity contribution in [3.8, 4) is 0 Å². The Bertz CT molecular complexity index is 977. The van der Waals surface area contributed by atoms with E-state index >= 15 is 0 Å². The highest BCUT2D eigenvalue weighted by Crippen LogP contribution is 2.27. The van der Waals surface area contributed by atoms with Crippen LogP contribution in [0.4, 0.5) is 5.13 Å². The van der Waals surface area contributed by atoms with E-state index in [2.05, 4.69) is 19.4 Å². The van der Waals surface area contributed by atoms with Crippen LogP contribution < -0.4 is 4.90 Å². The van der Waals surface area contributed by atoms with Crippen molar-refractivity contribution in [2.24, 2.45) is 9.50 Å². The minimum absolute atomic E-state index is 0.212. The number of anilines is 1. The summed E-state index contributed by atoms with van der Waals surface area (Å²) < 4.78 is 33.5. The summed E-state index contributed by atoms with van der Waals surface area (Å²) in [6, 6.07) is 6.75. The first-order valence-corrected chi connectivity index (χ1v) is 10.3. The van der Waals surface area contributed by atoms with E-state index in [1.54, 1.807) is 43.7 Å². The molecule has 0 radical (unpaired) electrons. The first kappa shape index (κ1) is 17.1. The van der Waals surface area contributed by atoms with Crippen molar-refractivity contribution < 1.29 is 13.2 Å². The molecular weight excluding hydrogens is 374 g/mol. The van der Waals surface area contributed by atoms with Gasteiger partial charge in [0.15, 0.2) is 11.0 Å². The molecule has 1 fully saturated rings. The molecule has 26 heavy (non-hydrogen) atoms. The normalized spacial score (nSPS) is 18.8. The van der Waals surface area contributed by atoms with Crippen LogP contribution in [-0.2, 0) is 14.8 Å². The monoisotopic (exact) mass is 391 g/mol. The van der Waals surface area contributed by atoms with E-state index in [1.165, 1.54) is 16.3 Å². The van der Waals surface area contributed by atoms with Crippen LogP contribution in [0.2, 0.25) is 0 Å². The zero-order chi connectivity index (χ0) is 18.1. The Kier molecular flexibility index (Phi) is 4.47. The van der Waals surface area contributed by atoms with Crippen LogP contribution in [0.25, 0.3) is 0 Å². The Morgan fingerprint density at radius 3 is 2.88 bits per heavy atom. The number of sulfonamides is 1. The Balaban J connectivity index is 1.52. The van der Waals surface area contributed by atoms with E-state index in [-0.39, 0.29) is 4.90 Å². The number of morpholine rings is 1. The zero-order valence-corrected chi connectivity index (χ0v) is 15.7. The number of amidine groups is 1. The number of benzene rings is 1. The summed E-state index contributed by atoms with van der Waals surface area (Å²) in [5.41, 5.74) is 0.561. The molecule has 0 saturated carbocycles. The van der Waals surface area contributed by atoms with Crippen LogP contribution in [0.5, 0.6) is 0 Å². The summed E-state index contributed by atoms with van der Waals surface area (Å²) in [5.74, 6) is 0.315. The van der Waals surface area contributed by atoms with Crippen LogP contribution in [0.1, 0.15) is 10.4 Å². The third kappa shape index (κ3) is 3.22. The first-order chi connectivity index (χ1) is 12.5. The SMILES string of the molecule is CN(/N=C/c1cnc(N2CCOCC2)s1)C1=NS(=O)(=O)c2ccccc21. The highest BCUT2D eigenvalue weighted by atomic mass is 32.2. The summed E-state index contributed by atoms with van der Waals surface area (Å²) in [4.78, 5) is 7.70. The summed E-state index contributed by atoms with van der Waals surface area (Å²) in [7, 11) is -1.97. The molecule has 1 saturated heterocycles. The Morgan fingerprint density at radius 1 is 1.31 bits per heavy atom. The number of aromatic nitrogens is 1. The van der Waals surface area contributed by atoms with Gasteiger partial charge in [-0.3, -0.25) is 0 Å². The van der Waals surface area contributed by atoms with Gasteiger partial charge in [0.25, 0.3) is 10.0 Å². The molecule has 0 unspecified atom stereocenters. The van der Waals surface area contributed by atoms with Crippen molar-refractivity contribution in [3.05, 3.63) is 40.9 Å². The summed E-state index contributed by atoms with van der Waals surface area (Å²) in [5, 5.41) is 6.74. The van der Waals surface area contributed by atoms with Crippen LogP contribution in [0.3, 0.4) is 0 Å². The fraction of sp³-hybridized carbons (Fsp3) is 0.312. The van der Waals surface area contributed by atoms with E-state index < -0.39 is 10.0 Å². The molecule has 0 aliphatic carbocycles. The number of fused-ring (bicyclic) bond motifs is 1. The van der Waals surface area contributed by atoms with Gasteiger partial charge in [-0.1, -0.05) is 23.5 Å². The molecule has 0 amide bonds. The lowest BCUT2D eigenvalue weighted by atomic mass is 10.2. The van der Waals surface area contributed by atoms with E-state index in [1.807, 2.05) is 0 Å². The van der Waals surface area contributed by atoms with Crippen LogP contribution >= 0.6 is 11.3 Å². The maximum atomic E-state index is 12.1. The average Bonchev–Trinajstić information content (AvgIpc) is 3.24. The van der Waals surface area contributed by atoms with Crippen molar-refractivity contribution in [3.63, 3.8) is 0 Å². The molecule has 2 aromatic rings. The van der Waals surface area contributed by atoms with Crippen LogP contribution in [0.15, 0.2) is 44.9 Å². The summed E-state index contributed by atoms with van der Waals surface area (Å²) >= 11 is 1.53. The third-order valence-electron chi connectivity index (χ3n) is 4.07. The second kappa shape index (κ2) is 6.78. The van der Waals surface area contributed by atoms with Gasteiger partial charge < -0.3 is 9.64 Å². The van der Waals surface area contributed by atoms with E-state index in [0.717, 1.165) is 23.1 Å². The van der Waals surface area contributed by atoms with Gasteiger partial charge in [-0.15, -0.1) is 4.40 Å².